The van der Waals surface area contributed by atoms with Crippen LogP contribution in [0.1, 0.15) is 18.1 Å². The molecule has 164 valence electrons. The van der Waals surface area contributed by atoms with E-state index < -0.39 is 24.8 Å². The third-order valence-corrected chi connectivity index (χ3v) is 5.97. The lowest BCUT2D eigenvalue weighted by molar-refractivity contribution is -0.119. The van der Waals surface area contributed by atoms with Gasteiger partial charge in [0.1, 0.15) is 6.04 Å². The Bertz CT molecular complexity index is 1050. The molecule has 1 aliphatic heterocycles. The van der Waals surface area contributed by atoms with Gasteiger partial charge in [0.05, 0.1) is 34.3 Å². The van der Waals surface area contributed by atoms with Crippen molar-refractivity contribution in [3.05, 3.63) is 57.0 Å². The molecule has 10 heteroatoms. The van der Waals surface area contributed by atoms with Gasteiger partial charge in [-0.25, -0.2) is 4.79 Å². The highest BCUT2D eigenvalue weighted by Crippen LogP contribution is 2.38. The molecule has 0 saturated heterocycles. The first-order valence-corrected chi connectivity index (χ1v) is 10.7. The van der Waals surface area contributed by atoms with Crippen molar-refractivity contribution >= 4 is 56.6 Å². The monoisotopic (exact) mass is 508 g/mol. The summed E-state index contributed by atoms with van der Waals surface area (Å²) in [6, 6.07) is 9.41. The lowest BCUT2D eigenvalue weighted by Crippen LogP contribution is -2.36. The number of likely N-dealkylation sites (N-methyl/N-ethyl adjacent to an activating group) is 1. The predicted octanol–water partition coefficient (Wildman–Crippen LogP) is 2.78. The number of benzodiazepines with no additional fused rings is 1. The third kappa shape index (κ3) is 4.90. The van der Waals surface area contributed by atoms with Gasteiger partial charge in [-0.3, -0.25) is 9.79 Å². The van der Waals surface area contributed by atoms with Crippen LogP contribution in [0.4, 0.5) is 16.2 Å². The summed E-state index contributed by atoms with van der Waals surface area (Å²) in [5.74, 6) is -0.174. The van der Waals surface area contributed by atoms with Crippen molar-refractivity contribution in [1.29, 1.82) is 0 Å². The Morgan fingerprint density at radius 3 is 2.71 bits per heavy atom. The Labute approximate surface area is 193 Å². The lowest BCUT2D eigenvalue weighted by Gasteiger charge is -2.22. The second-order valence-corrected chi connectivity index (χ2v) is 8.22. The standard InChI is InChI=1S/C21H22BrClN4O4/c1-11-20(30)27(2)16-8-7-15(26-21(31)24-9-12(29)10-28)18(22)17(16)19(25-11)13-5-3-4-6-14(13)23/h3-8,11-12,28-29H,9-10H2,1-2H3,(H2,24,26,31). The molecule has 2 aromatic carbocycles. The van der Waals surface area contributed by atoms with E-state index in [0.29, 0.717) is 37.7 Å². The smallest absolute Gasteiger partial charge is 0.319 e. The molecule has 2 atom stereocenters. The van der Waals surface area contributed by atoms with Crippen molar-refractivity contribution < 1.29 is 19.8 Å². The zero-order valence-corrected chi connectivity index (χ0v) is 19.2. The van der Waals surface area contributed by atoms with Gasteiger partial charge in [-0.1, -0.05) is 29.8 Å². The summed E-state index contributed by atoms with van der Waals surface area (Å²) < 4.78 is 0.523. The maximum atomic E-state index is 12.8. The number of carbonyl (C=O) groups excluding carboxylic acids is 2. The summed E-state index contributed by atoms with van der Waals surface area (Å²) in [7, 11) is 1.67. The van der Waals surface area contributed by atoms with Gasteiger partial charge >= 0.3 is 6.03 Å². The largest absolute Gasteiger partial charge is 0.394 e. The minimum Gasteiger partial charge on any atom is -0.394 e. The van der Waals surface area contributed by atoms with Crippen molar-refractivity contribution in [1.82, 2.24) is 5.32 Å². The van der Waals surface area contributed by atoms with Gasteiger partial charge in [0.25, 0.3) is 5.91 Å². The quantitative estimate of drug-likeness (QED) is 0.496. The fourth-order valence-corrected chi connectivity index (χ4v) is 4.03. The van der Waals surface area contributed by atoms with Crippen LogP contribution in [0, 0.1) is 0 Å². The summed E-state index contributed by atoms with van der Waals surface area (Å²) >= 11 is 10.0. The van der Waals surface area contributed by atoms with Gasteiger partial charge in [0, 0.05) is 29.7 Å². The van der Waals surface area contributed by atoms with E-state index in [9.17, 15) is 14.7 Å². The van der Waals surface area contributed by atoms with E-state index >= 15 is 0 Å². The second-order valence-electron chi connectivity index (χ2n) is 7.02. The molecule has 2 unspecified atom stereocenters. The molecule has 4 N–H and O–H groups in total. The number of carbonyl (C=O) groups is 2. The number of aliphatic hydroxyl groups excluding tert-OH is 2. The molecule has 0 bridgehead atoms. The highest BCUT2D eigenvalue weighted by molar-refractivity contribution is 9.10. The topological polar surface area (TPSA) is 114 Å². The molecule has 0 aromatic heterocycles. The van der Waals surface area contributed by atoms with Crippen LogP contribution < -0.4 is 15.5 Å². The van der Waals surface area contributed by atoms with Crippen molar-refractivity contribution in [3.63, 3.8) is 0 Å². The molecule has 31 heavy (non-hydrogen) atoms. The first kappa shape index (κ1) is 23.2. The van der Waals surface area contributed by atoms with E-state index in [2.05, 4.69) is 31.6 Å². The molecule has 2 aromatic rings. The molecule has 0 radical (unpaired) electrons. The molecule has 0 saturated carbocycles. The summed E-state index contributed by atoms with van der Waals surface area (Å²) in [5.41, 5.74) is 2.85. The number of amides is 3. The van der Waals surface area contributed by atoms with Crippen LogP contribution in [-0.4, -0.2) is 60.2 Å². The molecule has 0 fully saturated rings. The van der Waals surface area contributed by atoms with Gasteiger partial charge < -0.3 is 25.7 Å². The van der Waals surface area contributed by atoms with Crippen molar-refractivity contribution in [2.45, 2.75) is 19.1 Å². The molecule has 3 amide bonds. The molecule has 0 spiro atoms. The molecular formula is C21H22BrClN4O4. The van der Waals surface area contributed by atoms with Crippen molar-refractivity contribution in [2.75, 3.05) is 30.4 Å². The van der Waals surface area contributed by atoms with Crippen LogP contribution in [0.3, 0.4) is 0 Å². The third-order valence-electron chi connectivity index (χ3n) is 4.82. The van der Waals surface area contributed by atoms with Crippen LogP contribution in [0.5, 0.6) is 0 Å². The number of rotatable bonds is 5. The Morgan fingerprint density at radius 1 is 1.32 bits per heavy atom. The average molecular weight is 510 g/mol. The highest BCUT2D eigenvalue weighted by atomic mass is 79.9. The van der Waals surface area contributed by atoms with Crippen LogP contribution in [0.15, 0.2) is 45.9 Å². The average Bonchev–Trinajstić information content (AvgIpc) is 2.85. The van der Waals surface area contributed by atoms with E-state index in [4.69, 9.17) is 16.7 Å². The normalized spacial score (nSPS) is 16.8. The minimum atomic E-state index is -1.05. The van der Waals surface area contributed by atoms with Gasteiger partial charge in [-0.05, 0) is 41.1 Å². The summed E-state index contributed by atoms with van der Waals surface area (Å²) in [5, 5.41) is 24.0. The first-order valence-electron chi connectivity index (χ1n) is 9.51. The minimum absolute atomic E-state index is 0.105. The molecule has 0 aliphatic carbocycles. The fraction of sp³-hybridized carbons (Fsp3) is 0.286. The number of halogens is 2. The number of benzene rings is 2. The predicted molar refractivity (Wildman–Crippen MR) is 124 cm³/mol. The van der Waals surface area contributed by atoms with E-state index in [1.165, 1.54) is 4.90 Å². The van der Waals surface area contributed by atoms with Crippen molar-refractivity contribution in [2.24, 2.45) is 4.99 Å². The molecule has 1 heterocycles. The van der Waals surface area contributed by atoms with Gasteiger partial charge in [-0.15, -0.1) is 0 Å². The number of aliphatic hydroxyl groups is 2. The zero-order chi connectivity index (χ0) is 22.7. The first-order chi connectivity index (χ1) is 14.7. The van der Waals surface area contributed by atoms with E-state index in [-0.39, 0.29) is 12.5 Å². The van der Waals surface area contributed by atoms with Crippen LogP contribution >= 0.6 is 27.5 Å². The molecule has 3 rings (SSSR count). The van der Waals surface area contributed by atoms with Crippen LogP contribution in [0.2, 0.25) is 5.02 Å². The highest BCUT2D eigenvalue weighted by Gasteiger charge is 2.30. The SMILES string of the molecule is CC1N=C(c2ccccc2Cl)c2c(ccc(NC(=O)NCC(O)CO)c2Br)N(C)C1=O. The number of hydrogen-bond acceptors (Lipinski definition) is 5. The van der Waals surface area contributed by atoms with Crippen molar-refractivity contribution in [3.8, 4) is 0 Å². The van der Waals surface area contributed by atoms with Gasteiger partial charge in [0.15, 0.2) is 0 Å². The summed E-state index contributed by atoms with van der Waals surface area (Å²) in [4.78, 5) is 31.2. The van der Waals surface area contributed by atoms with E-state index in [1.54, 1.807) is 32.2 Å². The maximum absolute atomic E-state index is 12.8. The second kappa shape index (κ2) is 9.78. The molecule has 8 nitrogen and oxygen atoms in total. The number of nitrogens with one attached hydrogen (secondary N) is 2. The lowest BCUT2D eigenvalue weighted by atomic mass is 9.99. The molecule has 1 aliphatic rings. The van der Waals surface area contributed by atoms with Crippen LogP contribution in [-0.2, 0) is 4.79 Å². The summed E-state index contributed by atoms with van der Waals surface area (Å²) in [6.07, 6.45) is -1.05. The number of aliphatic imine (C=N–C) groups is 1. The number of hydrogen-bond donors (Lipinski definition) is 4. The van der Waals surface area contributed by atoms with Crippen LogP contribution in [0.25, 0.3) is 0 Å². The number of nitrogens with zero attached hydrogens (tertiary/aromatic N) is 2. The number of anilines is 2. The number of fused-ring (bicyclic) bond motifs is 1. The molecular weight excluding hydrogens is 488 g/mol. The Morgan fingerprint density at radius 2 is 2.03 bits per heavy atom. The number of urea groups is 1. The zero-order valence-electron chi connectivity index (χ0n) is 16.9. The van der Waals surface area contributed by atoms with E-state index in [0.717, 1.165) is 0 Å². The Hall–Kier alpha value is -2.46. The maximum Gasteiger partial charge on any atom is 0.319 e. The Kier molecular flexibility index (Phi) is 7.32. The van der Waals surface area contributed by atoms with E-state index in [1.807, 2.05) is 18.2 Å². The van der Waals surface area contributed by atoms with Gasteiger partial charge in [0.2, 0.25) is 0 Å². The fourth-order valence-electron chi connectivity index (χ4n) is 3.18. The Balaban J connectivity index is 2.08. The van der Waals surface area contributed by atoms with Gasteiger partial charge in [-0.2, -0.15) is 0 Å². The summed E-state index contributed by atoms with van der Waals surface area (Å²) in [6.45, 7) is 1.15.